The lowest BCUT2D eigenvalue weighted by Crippen LogP contribution is -2.24. The fourth-order valence-electron chi connectivity index (χ4n) is 1.69. The molecule has 0 aliphatic heterocycles. The number of hydrazone groups is 1. The third-order valence-corrected chi connectivity index (χ3v) is 2.78. The number of phenolic OH excluding ortho intramolecular Hbond substituents is 1. The average molecular weight is 315 g/mol. The molecule has 0 atom stereocenters. The number of rotatable bonds is 5. The molecule has 3 N–H and O–H groups in total. The Balaban J connectivity index is 1.81. The normalized spacial score (nSPS) is 10.5. The Morgan fingerprint density at radius 3 is 2.48 bits per heavy atom. The number of phenols is 1. The summed E-state index contributed by atoms with van der Waals surface area (Å²) in [6.07, 6.45) is 0.834. The van der Waals surface area contributed by atoms with Crippen molar-refractivity contribution in [3.63, 3.8) is 0 Å². The first kappa shape index (κ1) is 16.2. The standard InChI is InChI=1S/C16H14FN3O3/c17-12-5-7-13(8-6-12)19-15(22)9-16(23)20-18-10-11-3-1-2-4-14(11)21/h1-8,10,21H,9H2,(H,19,22)(H,20,23)/b18-10+. The second-order valence-electron chi connectivity index (χ2n) is 4.58. The maximum Gasteiger partial charge on any atom is 0.249 e. The number of nitrogens with one attached hydrogen (secondary N) is 2. The quantitative estimate of drug-likeness (QED) is 0.448. The molecule has 0 saturated heterocycles. The second-order valence-corrected chi connectivity index (χ2v) is 4.58. The highest BCUT2D eigenvalue weighted by Gasteiger charge is 2.09. The van der Waals surface area contributed by atoms with Gasteiger partial charge in [-0.2, -0.15) is 5.10 Å². The molecular formula is C16H14FN3O3. The number of hydrogen-bond donors (Lipinski definition) is 3. The molecule has 0 bridgehead atoms. The molecule has 2 aromatic carbocycles. The van der Waals surface area contributed by atoms with Crippen LogP contribution < -0.4 is 10.7 Å². The minimum absolute atomic E-state index is 0.0274. The molecular weight excluding hydrogens is 301 g/mol. The lowest BCUT2D eigenvalue weighted by Gasteiger charge is -2.04. The Bertz CT molecular complexity index is 730. The van der Waals surface area contributed by atoms with Crippen molar-refractivity contribution in [2.75, 3.05) is 5.32 Å². The zero-order valence-corrected chi connectivity index (χ0v) is 12.0. The van der Waals surface area contributed by atoms with Crippen LogP contribution in [0.15, 0.2) is 53.6 Å². The van der Waals surface area contributed by atoms with Gasteiger partial charge < -0.3 is 10.4 Å². The summed E-state index contributed by atoms with van der Waals surface area (Å²) >= 11 is 0. The molecule has 0 aromatic heterocycles. The molecule has 118 valence electrons. The van der Waals surface area contributed by atoms with E-state index >= 15 is 0 Å². The molecule has 2 aromatic rings. The van der Waals surface area contributed by atoms with E-state index in [1.807, 2.05) is 0 Å². The minimum Gasteiger partial charge on any atom is -0.507 e. The number of hydrogen-bond acceptors (Lipinski definition) is 4. The van der Waals surface area contributed by atoms with E-state index in [0.29, 0.717) is 11.3 Å². The molecule has 7 heteroatoms. The molecule has 0 saturated carbocycles. The van der Waals surface area contributed by atoms with Crippen LogP contribution in [0.3, 0.4) is 0 Å². The number of carbonyl (C=O) groups is 2. The van der Waals surface area contributed by atoms with E-state index in [-0.39, 0.29) is 5.75 Å². The molecule has 0 heterocycles. The third kappa shape index (κ3) is 5.24. The summed E-state index contributed by atoms with van der Waals surface area (Å²) < 4.78 is 12.7. The molecule has 6 nitrogen and oxygen atoms in total. The first-order valence-electron chi connectivity index (χ1n) is 6.70. The van der Waals surface area contributed by atoms with Crippen LogP contribution in [0.1, 0.15) is 12.0 Å². The smallest absolute Gasteiger partial charge is 0.249 e. The van der Waals surface area contributed by atoms with Gasteiger partial charge in [0.25, 0.3) is 0 Å². The van der Waals surface area contributed by atoms with Gasteiger partial charge in [-0.05, 0) is 36.4 Å². The largest absolute Gasteiger partial charge is 0.507 e. The molecule has 0 radical (unpaired) electrons. The number of anilines is 1. The highest BCUT2D eigenvalue weighted by molar-refractivity contribution is 6.03. The number of aromatic hydroxyl groups is 1. The van der Waals surface area contributed by atoms with Crippen LogP contribution in [-0.2, 0) is 9.59 Å². The summed E-state index contributed by atoms with van der Waals surface area (Å²) in [6, 6.07) is 11.6. The summed E-state index contributed by atoms with van der Waals surface area (Å²) in [5.41, 5.74) is 3.01. The van der Waals surface area contributed by atoms with Crippen LogP contribution in [0, 0.1) is 5.82 Å². The van der Waals surface area contributed by atoms with E-state index in [9.17, 15) is 19.1 Å². The van der Waals surface area contributed by atoms with Crippen molar-refractivity contribution in [3.05, 3.63) is 59.9 Å². The Morgan fingerprint density at radius 1 is 1.09 bits per heavy atom. The van der Waals surface area contributed by atoms with Gasteiger partial charge in [0.05, 0.1) is 6.21 Å². The minimum atomic E-state index is -0.615. The number of carbonyl (C=O) groups excluding carboxylic acids is 2. The Morgan fingerprint density at radius 2 is 1.78 bits per heavy atom. The van der Waals surface area contributed by atoms with Gasteiger partial charge in [0.2, 0.25) is 11.8 Å². The number of halogens is 1. The maximum atomic E-state index is 12.7. The van der Waals surface area contributed by atoms with E-state index in [1.165, 1.54) is 36.5 Å². The van der Waals surface area contributed by atoms with Gasteiger partial charge in [-0.15, -0.1) is 0 Å². The molecule has 2 rings (SSSR count). The first-order valence-corrected chi connectivity index (χ1v) is 6.70. The van der Waals surface area contributed by atoms with E-state index in [0.717, 1.165) is 0 Å². The van der Waals surface area contributed by atoms with Crippen LogP contribution >= 0.6 is 0 Å². The lowest BCUT2D eigenvalue weighted by molar-refractivity contribution is -0.126. The predicted octanol–water partition coefficient (Wildman–Crippen LogP) is 2.01. The highest BCUT2D eigenvalue weighted by atomic mass is 19.1. The highest BCUT2D eigenvalue weighted by Crippen LogP contribution is 2.12. The summed E-state index contributed by atoms with van der Waals surface area (Å²) in [7, 11) is 0. The molecule has 0 unspecified atom stereocenters. The van der Waals surface area contributed by atoms with Crippen molar-refractivity contribution in [3.8, 4) is 5.75 Å². The molecule has 0 spiro atoms. The molecule has 23 heavy (non-hydrogen) atoms. The van der Waals surface area contributed by atoms with Crippen molar-refractivity contribution in [2.24, 2.45) is 5.10 Å². The van der Waals surface area contributed by atoms with Crippen LogP contribution in [0.4, 0.5) is 10.1 Å². The maximum absolute atomic E-state index is 12.7. The summed E-state index contributed by atoms with van der Waals surface area (Å²) in [4.78, 5) is 23.2. The van der Waals surface area contributed by atoms with Gasteiger partial charge in [-0.3, -0.25) is 9.59 Å². The van der Waals surface area contributed by atoms with Crippen LogP contribution in [0.2, 0.25) is 0 Å². The van der Waals surface area contributed by atoms with Crippen molar-refractivity contribution < 1.29 is 19.1 Å². The Kier molecular flexibility index (Phi) is 5.40. The molecule has 2 amide bonds. The van der Waals surface area contributed by atoms with Gasteiger partial charge in [0, 0.05) is 11.3 Å². The summed E-state index contributed by atoms with van der Waals surface area (Å²) in [5.74, 6) is -1.55. The SMILES string of the molecule is O=C(CC(=O)Nc1ccc(F)cc1)N/N=C/c1ccccc1O. The predicted molar refractivity (Wildman–Crippen MR) is 83.5 cm³/mol. The third-order valence-electron chi connectivity index (χ3n) is 2.78. The van der Waals surface area contributed by atoms with Crippen molar-refractivity contribution in [2.45, 2.75) is 6.42 Å². The fraction of sp³-hybridized carbons (Fsp3) is 0.0625. The zero-order valence-electron chi connectivity index (χ0n) is 12.0. The van der Waals surface area contributed by atoms with Crippen LogP contribution in [0.25, 0.3) is 0 Å². The second kappa shape index (κ2) is 7.69. The number of nitrogens with zero attached hydrogens (tertiary/aromatic N) is 1. The fourth-order valence-corrected chi connectivity index (χ4v) is 1.69. The van der Waals surface area contributed by atoms with Gasteiger partial charge >= 0.3 is 0 Å². The number of amides is 2. The number of para-hydroxylation sites is 1. The molecule has 0 aliphatic carbocycles. The topological polar surface area (TPSA) is 90.8 Å². The van der Waals surface area contributed by atoms with Gasteiger partial charge in [0.15, 0.2) is 0 Å². The van der Waals surface area contributed by atoms with Gasteiger partial charge in [-0.1, -0.05) is 12.1 Å². The van der Waals surface area contributed by atoms with Gasteiger partial charge in [0.1, 0.15) is 18.0 Å². The van der Waals surface area contributed by atoms with Crippen molar-refractivity contribution in [1.29, 1.82) is 0 Å². The Labute approximate surface area is 131 Å². The summed E-state index contributed by atoms with van der Waals surface area (Å²) in [6.45, 7) is 0. The van der Waals surface area contributed by atoms with Crippen molar-refractivity contribution in [1.82, 2.24) is 5.43 Å². The van der Waals surface area contributed by atoms with Gasteiger partial charge in [-0.25, -0.2) is 9.82 Å². The zero-order chi connectivity index (χ0) is 16.7. The molecule has 0 fully saturated rings. The number of benzene rings is 2. The first-order chi connectivity index (χ1) is 11.0. The average Bonchev–Trinajstić information content (AvgIpc) is 2.51. The van der Waals surface area contributed by atoms with E-state index in [1.54, 1.807) is 18.2 Å². The van der Waals surface area contributed by atoms with E-state index in [2.05, 4.69) is 15.8 Å². The van der Waals surface area contributed by atoms with Crippen LogP contribution in [0.5, 0.6) is 5.75 Å². The molecule has 0 aliphatic rings. The Hall–Kier alpha value is -3.22. The van der Waals surface area contributed by atoms with E-state index in [4.69, 9.17) is 0 Å². The van der Waals surface area contributed by atoms with Crippen LogP contribution in [-0.4, -0.2) is 23.1 Å². The van der Waals surface area contributed by atoms with Crippen molar-refractivity contribution >= 4 is 23.7 Å². The van der Waals surface area contributed by atoms with E-state index < -0.39 is 24.1 Å². The monoisotopic (exact) mass is 315 g/mol. The lowest BCUT2D eigenvalue weighted by atomic mass is 10.2. The summed E-state index contributed by atoms with van der Waals surface area (Å²) in [5, 5.41) is 15.6.